The van der Waals surface area contributed by atoms with Gasteiger partial charge in [0.25, 0.3) is 0 Å². The summed E-state index contributed by atoms with van der Waals surface area (Å²) >= 11 is 0. The Kier molecular flexibility index (Phi) is 8.64. The maximum atomic E-state index is 13.5. The van der Waals surface area contributed by atoms with Crippen LogP contribution in [0, 0.1) is 5.82 Å². The van der Waals surface area contributed by atoms with Crippen molar-refractivity contribution in [2.75, 3.05) is 17.6 Å². The van der Waals surface area contributed by atoms with Crippen molar-refractivity contribution < 1.29 is 32.9 Å². The minimum absolute atomic E-state index is 0.0601. The van der Waals surface area contributed by atoms with E-state index in [1.165, 1.54) is 43.5 Å². The molecule has 0 bridgehead atoms. The van der Waals surface area contributed by atoms with E-state index >= 15 is 0 Å². The van der Waals surface area contributed by atoms with Gasteiger partial charge in [-0.3, -0.25) is 4.79 Å². The number of carboxylic acids is 1. The molecule has 0 saturated heterocycles. The van der Waals surface area contributed by atoms with E-state index in [-0.39, 0.29) is 18.3 Å². The molecule has 0 amide bonds. The molecule has 11 heteroatoms. The van der Waals surface area contributed by atoms with Crippen LogP contribution in [0.4, 0.5) is 10.3 Å². The molecular formula is C22H28FN3O6S. The third-order valence-corrected chi connectivity index (χ3v) is 5.97. The largest absolute Gasteiger partial charge is 0.481 e. The molecule has 0 aliphatic carbocycles. The van der Waals surface area contributed by atoms with Gasteiger partial charge in [0.05, 0.1) is 36.3 Å². The summed E-state index contributed by atoms with van der Waals surface area (Å²) in [4.78, 5) is 19.6. The van der Waals surface area contributed by atoms with Crippen molar-refractivity contribution in [2.24, 2.45) is 0 Å². The third-order valence-electron chi connectivity index (χ3n) is 4.82. The molecule has 33 heavy (non-hydrogen) atoms. The first kappa shape index (κ1) is 26.4. The summed E-state index contributed by atoms with van der Waals surface area (Å²) in [6, 6.07) is 5.49. The van der Waals surface area contributed by atoms with Gasteiger partial charge < -0.3 is 15.3 Å². The zero-order chi connectivity index (χ0) is 24.9. The van der Waals surface area contributed by atoms with Crippen LogP contribution in [0.15, 0.2) is 30.3 Å². The van der Waals surface area contributed by atoms with Gasteiger partial charge in [0.15, 0.2) is 0 Å². The third kappa shape index (κ3) is 7.31. The lowest BCUT2D eigenvalue weighted by Crippen LogP contribution is -2.27. The van der Waals surface area contributed by atoms with Crippen molar-refractivity contribution in [1.29, 1.82) is 0 Å². The van der Waals surface area contributed by atoms with Crippen molar-refractivity contribution >= 4 is 28.0 Å². The molecule has 9 nitrogen and oxygen atoms in total. The molecule has 180 valence electrons. The van der Waals surface area contributed by atoms with Crippen LogP contribution in [-0.2, 0) is 14.8 Å². The number of carboxylic acid groups (broad SMARTS) is 1. The lowest BCUT2D eigenvalue weighted by atomic mass is 9.97. The van der Waals surface area contributed by atoms with Crippen LogP contribution in [0.3, 0.4) is 0 Å². The summed E-state index contributed by atoms with van der Waals surface area (Å²) in [6.07, 6.45) is 0.860. The second-order valence-corrected chi connectivity index (χ2v) is 9.99. The zero-order valence-corrected chi connectivity index (χ0v) is 19.6. The van der Waals surface area contributed by atoms with Crippen LogP contribution in [0.2, 0.25) is 0 Å². The SMILES string of the molecule is CC(C)c1nc(N(C)S(C)(=O)=O)nc(-c2ccc(F)cc2)c1/C=C/C(O)C[C@H](O)CC(=O)O. The summed E-state index contributed by atoms with van der Waals surface area (Å²) in [5.74, 6) is -1.87. The quantitative estimate of drug-likeness (QED) is 0.470. The van der Waals surface area contributed by atoms with Crippen LogP contribution in [0.1, 0.15) is 43.9 Å². The Hall–Kier alpha value is -2.89. The van der Waals surface area contributed by atoms with Gasteiger partial charge in [0.2, 0.25) is 16.0 Å². The highest BCUT2D eigenvalue weighted by Gasteiger charge is 2.22. The molecule has 0 radical (unpaired) electrons. The molecule has 0 aliphatic heterocycles. The Bertz CT molecular complexity index is 1120. The van der Waals surface area contributed by atoms with Gasteiger partial charge in [-0.05, 0) is 30.2 Å². The highest BCUT2D eigenvalue weighted by molar-refractivity contribution is 7.92. The number of carbonyl (C=O) groups is 1. The van der Waals surface area contributed by atoms with Gasteiger partial charge >= 0.3 is 5.97 Å². The smallest absolute Gasteiger partial charge is 0.305 e. The van der Waals surface area contributed by atoms with Crippen LogP contribution < -0.4 is 4.31 Å². The highest BCUT2D eigenvalue weighted by atomic mass is 32.2. The second-order valence-electron chi connectivity index (χ2n) is 7.98. The van der Waals surface area contributed by atoms with Crippen LogP contribution in [-0.4, -0.2) is 65.2 Å². The number of benzene rings is 1. The molecule has 1 aromatic heterocycles. The number of anilines is 1. The highest BCUT2D eigenvalue weighted by Crippen LogP contribution is 2.31. The molecular weight excluding hydrogens is 453 g/mol. The topological polar surface area (TPSA) is 141 Å². The van der Waals surface area contributed by atoms with Crippen molar-refractivity contribution in [3.8, 4) is 11.3 Å². The number of nitrogens with zero attached hydrogens (tertiary/aromatic N) is 3. The molecule has 2 rings (SSSR count). The summed E-state index contributed by atoms with van der Waals surface area (Å²) in [7, 11) is -2.33. The first-order valence-electron chi connectivity index (χ1n) is 10.2. The second kappa shape index (κ2) is 10.8. The number of halogens is 1. The van der Waals surface area contributed by atoms with E-state index in [9.17, 15) is 27.8 Å². The van der Waals surface area contributed by atoms with Gasteiger partial charge in [-0.2, -0.15) is 0 Å². The fourth-order valence-electron chi connectivity index (χ4n) is 3.05. The van der Waals surface area contributed by atoms with Crippen molar-refractivity contribution in [3.63, 3.8) is 0 Å². The Morgan fingerprint density at radius 2 is 1.79 bits per heavy atom. The fraction of sp³-hybridized carbons (Fsp3) is 0.409. The first-order valence-corrected chi connectivity index (χ1v) is 12.0. The standard InChI is InChI=1S/C22H28FN3O6S/c1-13(2)20-18(10-9-16(27)11-17(28)12-19(29)30)21(14-5-7-15(23)8-6-14)25-22(24-20)26(3)33(4,31)32/h5-10,13,16-17,27-28H,11-12H2,1-4H3,(H,29,30)/b10-9+/t16?,17-/m0/s1. The normalized spacial score (nSPS) is 13.9. The van der Waals surface area contributed by atoms with Crippen LogP contribution in [0.5, 0.6) is 0 Å². The summed E-state index contributed by atoms with van der Waals surface area (Å²) < 4.78 is 38.6. The molecule has 0 spiro atoms. The molecule has 1 unspecified atom stereocenters. The lowest BCUT2D eigenvalue weighted by molar-refractivity contribution is -0.139. The zero-order valence-electron chi connectivity index (χ0n) is 18.8. The predicted molar refractivity (Wildman–Crippen MR) is 123 cm³/mol. The van der Waals surface area contributed by atoms with E-state index in [0.29, 0.717) is 22.5 Å². The van der Waals surface area contributed by atoms with Gasteiger partial charge in [0.1, 0.15) is 5.82 Å². The number of aliphatic hydroxyl groups excluding tert-OH is 2. The van der Waals surface area contributed by atoms with Crippen molar-refractivity contribution in [3.05, 3.63) is 47.4 Å². The van der Waals surface area contributed by atoms with E-state index in [0.717, 1.165) is 10.6 Å². The molecule has 2 aromatic rings. The van der Waals surface area contributed by atoms with E-state index < -0.39 is 40.4 Å². The Labute approximate surface area is 192 Å². The Morgan fingerprint density at radius 1 is 1.18 bits per heavy atom. The molecule has 2 atom stereocenters. The van der Waals surface area contributed by atoms with Gasteiger partial charge in [0, 0.05) is 24.6 Å². The van der Waals surface area contributed by atoms with E-state index in [1.807, 2.05) is 13.8 Å². The monoisotopic (exact) mass is 481 g/mol. The maximum absolute atomic E-state index is 13.5. The maximum Gasteiger partial charge on any atom is 0.305 e. The minimum atomic E-state index is -3.65. The van der Waals surface area contributed by atoms with Gasteiger partial charge in [-0.1, -0.05) is 26.0 Å². The van der Waals surface area contributed by atoms with Crippen molar-refractivity contribution in [2.45, 2.75) is 44.8 Å². The lowest BCUT2D eigenvalue weighted by Gasteiger charge is -2.20. The molecule has 3 N–H and O–H groups in total. The molecule has 1 aromatic carbocycles. The van der Waals surface area contributed by atoms with E-state index in [4.69, 9.17) is 5.11 Å². The number of sulfonamides is 1. The summed E-state index contributed by atoms with van der Waals surface area (Å²) in [6.45, 7) is 3.71. The average Bonchev–Trinajstić information content (AvgIpc) is 2.70. The van der Waals surface area contributed by atoms with Crippen LogP contribution >= 0.6 is 0 Å². The Morgan fingerprint density at radius 3 is 2.30 bits per heavy atom. The average molecular weight is 482 g/mol. The van der Waals surface area contributed by atoms with E-state index in [1.54, 1.807) is 0 Å². The number of aromatic nitrogens is 2. The number of hydrogen-bond acceptors (Lipinski definition) is 7. The number of aliphatic carboxylic acids is 1. The van der Waals surface area contributed by atoms with Gasteiger partial charge in [-0.15, -0.1) is 0 Å². The fourth-order valence-corrected chi connectivity index (χ4v) is 3.42. The molecule has 1 heterocycles. The summed E-state index contributed by atoms with van der Waals surface area (Å²) in [5, 5.41) is 28.8. The van der Waals surface area contributed by atoms with Gasteiger partial charge in [-0.25, -0.2) is 27.1 Å². The number of rotatable bonds is 10. The molecule has 0 fully saturated rings. The summed E-state index contributed by atoms with van der Waals surface area (Å²) in [5.41, 5.74) is 1.80. The van der Waals surface area contributed by atoms with E-state index in [2.05, 4.69) is 9.97 Å². The number of aliphatic hydroxyl groups is 2. The number of hydrogen-bond donors (Lipinski definition) is 3. The first-order chi connectivity index (χ1) is 15.3. The predicted octanol–water partition coefficient (Wildman–Crippen LogP) is 2.40. The molecule has 0 saturated carbocycles. The minimum Gasteiger partial charge on any atom is -0.481 e. The van der Waals surface area contributed by atoms with Crippen LogP contribution in [0.25, 0.3) is 17.3 Å². The Balaban J connectivity index is 2.61. The molecule has 0 aliphatic rings. The van der Waals surface area contributed by atoms with Crippen molar-refractivity contribution in [1.82, 2.24) is 9.97 Å².